The minimum absolute atomic E-state index is 0.149. The fourth-order valence-electron chi connectivity index (χ4n) is 3.61. The molecule has 4 heteroatoms. The van der Waals surface area contributed by atoms with Crippen LogP contribution in [0, 0.1) is 16.0 Å². The molecule has 0 amide bonds. The summed E-state index contributed by atoms with van der Waals surface area (Å²) >= 11 is 0. The highest BCUT2D eigenvalue weighted by molar-refractivity contribution is 5.51. The molecule has 4 nitrogen and oxygen atoms in total. The summed E-state index contributed by atoms with van der Waals surface area (Å²) in [6, 6.07) is 15.9. The molecule has 2 atom stereocenters. The predicted molar refractivity (Wildman–Crippen MR) is 97.7 cm³/mol. The van der Waals surface area contributed by atoms with Crippen LogP contribution >= 0.6 is 0 Å². The Kier molecular flexibility index (Phi) is 4.84. The molecule has 1 aliphatic heterocycles. The van der Waals surface area contributed by atoms with Gasteiger partial charge < -0.3 is 4.90 Å². The molecule has 0 saturated carbocycles. The van der Waals surface area contributed by atoms with E-state index in [4.69, 9.17) is 0 Å². The Balaban J connectivity index is 1.78. The molecule has 126 valence electrons. The van der Waals surface area contributed by atoms with Crippen LogP contribution in [0.5, 0.6) is 0 Å². The van der Waals surface area contributed by atoms with Crippen LogP contribution < -0.4 is 4.90 Å². The van der Waals surface area contributed by atoms with E-state index in [-0.39, 0.29) is 10.6 Å². The maximum absolute atomic E-state index is 10.8. The van der Waals surface area contributed by atoms with Gasteiger partial charge in [-0.3, -0.25) is 10.1 Å². The molecule has 0 aliphatic carbocycles. The van der Waals surface area contributed by atoms with Gasteiger partial charge in [0.15, 0.2) is 0 Å². The van der Waals surface area contributed by atoms with Gasteiger partial charge in [-0.1, -0.05) is 38.1 Å². The smallest absolute Gasteiger partial charge is 0.269 e. The Hall–Kier alpha value is -2.36. The van der Waals surface area contributed by atoms with Gasteiger partial charge in [-0.15, -0.1) is 0 Å². The Morgan fingerprint density at radius 1 is 1.08 bits per heavy atom. The molecule has 1 heterocycles. The number of anilines is 1. The maximum Gasteiger partial charge on any atom is 0.269 e. The first-order valence-electron chi connectivity index (χ1n) is 8.65. The van der Waals surface area contributed by atoms with E-state index < -0.39 is 0 Å². The number of nitro groups is 1. The lowest BCUT2D eigenvalue weighted by molar-refractivity contribution is -0.384. The van der Waals surface area contributed by atoms with E-state index >= 15 is 0 Å². The molecule has 0 bridgehead atoms. The van der Waals surface area contributed by atoms with Gasteiger partial charge in [-0.2, -0.15) is 0 Å². The lowest BCUT2D eigenvalue weighted by Crippen LogP contribution is -2.38. The number of non-ortho nitro benzene ring substituents is 1. The van der Waals surface area contributed by atoms with Crippen molar-refractivity contribution in [3.63, 3.8) is 0 Å². The molecule has 2 unspecified atom stereocenters. The van der Waals surface area contributed by atoms with E-state index in [2.05, 4.69) is 43.0 Å². The van der Waals surface area contributed by atoms with E-state index in [0.29, 0.717) is 11.8 Å². The molecule has 0 N–H and O–H groups in total. The van der Waals surface area contributed by atoms with Gasteiger partial charge in [0.1, 0.15) is 0 Å². The molecule has 0 radical (unpaired) electrons. The average Bonchev–Trinajstić information content (AvgIpc) is 2.61. The summed E-state index contributed by atoms with van der Waals surface area (Å²) in [6.45, 7) is 6.42. The Bertz CT molecular complexity index is 695. The van der Waals surface area contributed by atoms with Crippen molar-refractivity contribution in [3.8, 4) is 0 Å². The number of hydrogen-bond donors (Lipinski definition) is 0. The molecule has 1 saturated heterocycles. The summed E-state index contributed by atoms with van der Waals surface area (Å²) < 4.78 is 0. The summed E-state index contributed by atoms with van der Waals surface area (Å²) in [5.41, 5.74) is 3.98. The second-order valence-corrected chi connectivity index (χ2v) is 6.81. The summed E-state index contributed by atoms with van der Waals surface area (Å²) in [4.78, 5) is 12.8. The van der Waals surface area contributed by atoms with Gasteiger partial charge in [0, 0.05) is 36.8 Å². The van der Waals surface area contributed by atoms with Gasteiger partial charge in [0.05, 0.1) is 4.92 Å². The standard InChI is InChI=1S/C20H24N2O2/c1-3-16-4-6-17(7-5-16)18-12-15(2)13-21(14-18)19-8-10-20(11-9-19)22(23)24/h4-11,15,18H,3,12-14H2,1-2H3. The lowest BCUT2D eigenvalue weighted by atomic mass is 9.85. The summed E-state index contributed by atoms with van der Waals surface area (Å²) in [5, 5.41) is 10.8. The van der Waals surface area contributed by atoms with Crippen molar-refractivity contribution in [2.24, 2.45) is 5.92 Å². The van der Waals surface area contributed by atoms with Crippen LogP contribution in [0.15, 0.2) is 48.5 Å². The van der Waals surface area contributed by atoms with Crippen LogP contribution in [-0.4, -0.2) is 18.0 Å². The number of piperidine rings is 1. The van der Waals surface area contributed by atoms with Crippen molar-refractivity contribution in [1.82, 2.24) is 0 Å². The van der Waals surface area contributed by atoms with Crippen molar-refractivity contribution < 1.29 is 4.92 Å². The quantitative estimate of drug-likeness (QED) is 0.600. The van der Waals surface area contributed by atoms with Crippen molar-refractivity contribution in [1.29, 1.82) is 0 Å². The molecule has 2 aromatic rings. The van der Waals surface area contributed by atoms with Gasteiger partial charge in [0.2, 0.25) is 0 Å². The number of nitrogens with zero attached hydrogens (tertiary/aromatic N) is 2. The Morgan fingerprint density at radius 2 is 1.75 bits per heavy atom. The average molecular weight is 324 g/mol. The van der Waals surface area contributed by atoms with E-state index in [0.717, 1.165) is 25.2 Å². The third kappa shape index (κ3) is 3.58. The minimum atomic E-state index is -0.347. The van der Waals surface area contributed by atoms with Crippen molar-refractivity contribution in [2.45, 2.75) is 32.6 Å². The van der Waals surface area contributed by atoms with Gasteiger partial charge in [-0.25, -0.2) is 0 Å². The summed E-state index contributed by atoms with van der Waals surface area (Å²) in [6.07, 6.45) is 2.26. The number of benzene rings is 2. The summed E-state index contributed by atoms with van der Waals surface area (Å²) in [7, 11) is 0. The molecule has 24 heavy (non-hydrogen) atoms. The van der Waals surface area contributed by atoms with Crippen LogP contribution in [0.1, 0.15) is 37.3 Å². The Labute approximate surface area is 143 Å². The third-order valence-corrected chi connectivity index (χ3v) is 4.94. The van der Waals surface area contributed by atoms with Crippen molar-refractivity contribution in [2.75, 3.05) is 18.0 Å². The van der Waals surface area contributed by atoms with E-state index in [1.165, 1.54) is 17.5 Å². The zero-order valence-electron chi connectivity index (χ0n) is 14.3. The van der Waals surface area contributed by atoms with E-state index in [1.54, 1.807) is 12.1 Å². The normalized spacial score (nSPS) is 20.8. The highest BCUT2D eigenvalue weighted by atomic mass is 16.6. The first-order valence-corrected chi connectivity index (χ1v) is 8.65. The highest BCUT2D eigenvalue weighted by Crippen LogP contribution is 2.33. The first-order chi connectivity index (χ1) is 11.6. The van der Waals surface area contributed by atoms with Crippen molar-refractivity contribution in [3.05, 3.63) is 69.8 Å². The molecule has 3 rings (SSSR count). The van der Waals surface area contributed by atoms with Crippen LogP contribution in [0.2, 0.25) is 0 Å². The Morgan fingerprint density at radius 3 is 2.33 bits per heavy atom. The minimum Gasteiger partial charge on any atom is -0.371 e. The van der Waals surface area contributed by atoms with E-state index in [1.807, 2.05) is 12.1 Å². The second-order valence-electron chi connectivity index (χ2n) is 6.81. The predicted octanol–water partition coefficient (Wildman–Crippen LogP) is 4.79. The first kappa shape index (κ1) is 16.5. The van der Waals surface area contributed by atoms with Crippen LogP contribution in [0.3, 0.4) is 0 Å². The van der Waals surface area contributed by atoms with Crippen LogP contribution in [0.25, 0.3) is 0 Å². The largest absolute Gasteiger partial charge is 0.371 e. The monoisotopic (exact) mass is 324 g/mol. The highest BCUT2D eigenvalue weighted by Gasteiger charge is 2.26. The van der Waals surface area contributed by atoms with Crippen LogP contribution in [-0.2, 0) is 6.42 Å². The van der Waals surface area contributed by atoms with E-state index in [9.17, 15) is 10.1 Å². The number of nitro benzene ring substituents is 1. The topological polar surface area (TPSA) is 46.4 Å². The number of hydrogen-bond acceptors (Lipinski definition) is 3. The molecule has 2 aromatic carbocycles. The van der Waals surface area contributed by atoms with Gasteiger partial charge in [-0.05, 0) is 42.0 Å². The maximum atomic E-state index is 10.8. The van der Waals surface area contributed by atoms with Crippen molar-refractivity contribution >= 4 is 11.4 Å². The molecule has 1 aliphatic rings. The zero-order valence-corrected chi connectivity index (χ0v) is 14.3. The van der Waals surface area contributed by atoms with Crippen LogP contribution in [0.4, 0.5) is 11.4 Å². The molecular weight excluding hydrogens is 300 g/mol. The number of aryl methyl sites for hydroxylation is 1. The SMILES string of the molecule is CCc1ccc(C2CC(C)CN(c3ccc([N+](=O)[O-])cc3)C2)cc1. The summed E-state index contributed by atoms with van der Waals surface area (Å²) in [5.74, 6) is 1.11. The second kappa shape index (κ2) is 7.04. The molecule has 0 spiro atoms. The third-order valence-electron chi connectivity index (χ3n) is 4.94. The van der Waals surface area contributed by atoms with Gasteiger partial charge >= 0.3 is 0 Å². The molecule has 0 aromatic heterocycles. The molecule has 1 fully saturated rings. The zero-order chi connectivity index (χ0) is 17.1. The number of rotatable bonds is 4. The fourth-order valence-corrected chi connectivity index (χ4v) is 3.61. The van der Waals surface area contributed by atoms with Gasteiger partial charge in [0.25, 0.3) is 5.69 Å². The molecular formula is C20H24N2O2. The lowest BCUT2D eigenvalue weighted by Gasteiger charge is -2.38. The fraction of sp³-hybridized carbons (Fsp3) is 0.400.